The summed E-state index contributed by atoms with van der Waals surface area (Å²) in [6.07, 6.45) is 2.45. The van der Waals surface area contributed by atoms with Gasteiger partial charge in [-0.15, -0.1) is 0 Å². The summed E-state index contributed by atoms with van der Waals surface area (Å²) in [4.78, 5) is 20.2. The van der Waals surface area contributed by atoms with E-state index in [4.69, 9.17) is 0 Å². The van der Waals surface area contributed by atoms with Crippen LogP contribution in [0.15, 0.2) is 35.4 Å². The Morgan fingerprint density at radius 2 is 2.10 bits per heavy atom. The summed E-state index contributed by atoms with van der Waals surface area (Å²) in [7, 11) is 0. The highest BCUT2D eigenvalue weighted by Gasteiger charge is 2.03. The fourth-order valence-corrected chi connectivity index (χ4v) is 2.15. The quantitative estimate of drug-likeness (QED) is 0.829. The van der Waals surface area contributed by atoms with Crippen molar-refractivity contribution in [3.63, 3.8) is 0 Å². The van der Waals surface area contributed by atoms with Crippen LogP contribution in [-0.4, -0.2) is 21.1 Å². The van der Waals surface area contributed by atoms with Gasteiger partial charge >= 0.3 is 0 Å². The zero-order valence-corrected chi connectivity index (χ0v) is 12.8. The summed E-state index contributed by atoms with van der Waals surface area (Å²) in [6.45, 7) is 7.65. The first kappa shape index (κ1) is 15.2. The highest BCUT2D eigenvalue weighted by atomic mass is 16.1. The SMILES string of the molecule is Cc1cccc(=O)n1CCCNc1cc(C(C)C)ncn1. The van der Waals surface area contributed by atoms with Gasteiger partial charge in [0.15, 0.2) is 0 Å². The predicted molar refractivity (Wildman–Crippen MR) is 84.7 cm³/mol. The van der Waals surface area contributed by atoms with Crippen LogP contribution < -0.4 is 10.9 Å². The van der Waals surface area contributed by atoms with Gasteiger partial charge in [0.2, 0.25) is 0 Å². The molecule has 0 saturated heterocycles. The molecule has 0 unspecified atom stereocenters. The van der Waals surface area contributed by atoms with Gasteiger partial charge in [0, 0.05) is 36.6 Å². The maximum absolute atomic E-state index is 11.7. The number of rotatable bonds is 6. The van der Waals surface area contributed by atoms with Crippen LogP contribution in [0.3, 0.4) is 0 Å². The molecule has 0 saturated carbocycles. The van der Waals surface area contributed by atoms with Crippen LogP contribution in [0.2, 0.25) is 0 Å². The number of hydrogen-bond acceptors (Lipinski definition) is 4. The minimum atomic E-state index is 0.0548. The molecule has 0 aromatic carbocycles. The molecule has 0 aliphatic heterocycles. The third kappa shape index (κ3) is 4.15. The fraction of sp³-hybridized carbons (Fsp3) is 0.438. The van der Waals surface area contributed by atoms with E-state index in [2.05, 4.69) is 29.1 Å². The molecule has 112 valence electrons. The van der Waals surface area contributed by atoms with Crippen molar-refractivity contribution < 1.29 is 0 Å². The Morgan fingerprint density at radius 1 is 1.29 bits per heavy atom. The lowest BCUT2D eigenvalue weighted by molar-refractivity contribution is 0.621. The average Bonchev–Trinajstić information content (AvgIpc) is 2.46. The summed E-state index contributed by atoms with van der Waals surface area (Å²) in [6, 6.07) is 7.32. The van der Waals surface area contributed by atoms with Gasteiger partial charge < -0.3 is 9.88 Å². The predicted octanol–water partition coefficient (Wildman–Crippen LogP) is 2.57. The Bertz CT molecular complexity index is 649. The second kappa shape index (κ2) is 7.02. The van der Waals surface area contributed by atoms with Crippen molar-refractivity contribution >= 4 is 5.82 Å². The lowest BCUT2D eigenvalue weighted by Crippen LogP contribution is -2.22. The van der Waals surface area contributed by atoms with E-state index in [9.17, 15) is 4.79 Å². The number of pyridine rings is 1. The molecule has 0 bridgehead atoms. The lowest BCUT2D eigenvalue weighted by Gasteiger charge is -2.11. The zero-order chi connectivity index (χ0) is 15.2. The van der Waals surface area contributed by atoms with E-state index < -0.39 is 0 Å². The maximum Gasteiger partial charge on any atom is 0.250 e. The topological polar surface area (TPSA) is 59.8 Å². The standard InChI is InChI=1S/C16H22N4O/c1-12(2)14-10-15(19-11-18-14)17-8-5-9-20-13(3)6-4-7-16(20)21/h4,6-7,10-12H,5,8-9H2,1-3H3,(H,17,18,19). The number of nitrogens with zero attached hydrogens (tertiary/aromatic N) is 3. The van der Waals surface area contributed by atoms with Crippen LogP contribution in [0.25, 0.3) is 0 Å². The average molecular weight is 286 g/mol. The summed E-state index contributed by atoms with van der Waals surface area (Å²) < 4.78 is 1.79. The van der Waals surface area contributed by atoms with Crippen LogP contribution >= 0.6 is 0 Å². The van der Waals surface area contributed by atoms with E-state index in [-0.39, 0.29) is 5.56 Å². The molecule has 0 aliphatic carbocycles. The van der Waals surface area contributed by atoms with Crippen LogP contribution in [0.4, 0.5) is 5.82 Å². The number of hydrogen-bond donors (Lipinski definition) is 1. The minimum absolute atomic E-state index is 0.0548. The van der Waals surface area contributed by atoms with Crippen molar-refractivity contribution in [2.45, 2.75) is 39.7 Å². The smallest absolute Gasteiger partial charge is 0.250 e. The van der Waals surface area contributed by atoms with Gasteiger partial charge in [0.1, 0.15) is 12.1 Å². The van der Waals surface area contributed by atoms with Crippen LogP contribution in [-0.2, 0) is 6.54 Å². The Hall–Kier alpha value is -2.17. The molecule has 0 spiro atoms. The van der Waals surface area contributed by atoms with E-state index >= 15 is 0 Å². The van der Waals surface area contributed by atoms with E-state index in [1.165, 1.54) is 0 Å². The lowest BCUT2D eigenvalue weighted by atomic mass is 10.1. The third-order valence-corrected chi connectivity index (χ3v) is 3.41. The maximum atomic E-state index is 11.7. The van der Waals surface area contributed by atoms with E-state index in [1.54, 1.807) is 23.0 Å². The van der Waals surface area contributed by atoms with Crippen molar-refractivity contribution in [3.8, 4) is 0 Å². The highest BCUT2D eigenvalue weighted by Crippen LogP contribution is 2.13. The van der Waals surface area contributed by atoms with Crippen molar-refractivity contribution in [2.24, 2.45) is 0 Å². The van der Waals surface area contributed by atoms with Crippen molar-refractivity contribution in [1.82, 2.24) is 14.5 Å². The van der Waals surface area contributed by atoms with Gasteiger partial charge in [-0.3, -0.25) is 4.79 Å². The van der Waals surface area contributed by atoms with Crippen molar-refractivity contribution in [3.05, 3.63) is 52.3 Å². The van der Waals surface area contributed by atoms with Crippen molar-refractivity contribution in [2.75, 3.05) is 11.9 Å². The zero-order valence-electron chi connectivity index (χ0n) is 12.8. The molecule has 0 aliphatic rings. The molecule has 5 heteroatoms. The van der Waals surface area contributed by atoms with Crippen LogP contribution in [0.5, 0.6) is 0 Å². The van der Waals surface area contributed by atoms with E-state index in [1.807, 2.05) is 19.1 Å². The van der Waals surface area contributed by atoms with Gasteiger partial charge in [0.05, 0.1) is 0 Å². The second-order valence-corrected chi connectivity index (χ2v) is 5.42. The monoisotopic (exact) mass is 286 g/mol. The largest absolute Gasteiger partial charge is 0.370 e. The molecular weight excluding hydrogens is 264 g/mol. The van der Waals surface area contributed by atoms with Gasteiger partial charge in [0.25, 0.3) is 5.56 Å². The van der Waals surface area contributed by atoms with Crippen molar-refractivity contribution in [1.29, 1.82) is 0 Å². The third-order valence-electron chi connectivity index (χ3n) is 3.41. The first-order valence-electron chi connectivity index (χ1n) is 7.30. The number of aryl methyl sites for hydroxylation is 1. The Morgan fingerprint density at radius 3 is 2.81 bits per heavy atom. The van der Waals surface area contributed by atoms with Crippen LogP contribution in [0.1, 0.15) is 37.6 Å². The minimum Gasteiger partial charge on any atom is -0.370 e. The molecular formula is C16H22N4O. The summed E-state index contributed by atoms with van der Waals surface area (Å²) in [5, 5.41) is 3.28. The van der Waals surface area contributed by atoms with Gasteiger partial charge in [-0.25, -0.2) is 9.97 Å². The van der Waals surface area contributed by atoms with Gasteiger partial charge in [-0.05, 0) is 25.3 Å². The van der Waals surface area contributed by atoms with Crippen LogP contribution in [0, 0.1) is 6.92 Å². The molecule has 0 radical (unpaired) electrons. The normalized spacial score (nSPS) is 10.9. The highest BCUT2D eigenvalue weighted by molar-refractivity contribution is 5.35. The van der Waals surface area contributed by atoms with E-state index in [0.29, 0.717) is 12.5 Å². The molecule has 0 atom stereocenters. The number of nitrogens with one attached hydrogen (secondary N) is 1. The Balaban J connectivity index is 1.88. The first-order valence-corrected chi connectivity index (χ1v) is 7.30. The number of aromatic nitrogens is 3. The molecule has 0 fully saturated rings. The molecule has 2 rings (SSSR count). The second-order valence-electron chi connectivity index (χ2n) is 5.42. The molecule has 0 amide bonds. The summed E-state index contributed by atoms with van der Waals surface area (Å²) in [5.74, 6) is 1.23. The molecule has 2 aromatic rings. The first-order chi connectivity index (χ1) is 10.1. The Kier molecular flexibility index (Phi) is 5.09. The molecule has 5 nitrogen and oxygen atoms in total. The van der Waals surface area contributed by atoms with Gasteiger partial charge in [-0.1, -0.05) is 19.9 Å². The summed E-state index contributed by atoms with van der Waals surface area (Å²) >= 11 is 0. The molecule has 1 N–H and O–H groups in total. The molecule has 2 heterocycles. The fourth-order valence-electron chi connectivity index (χ4n) is 2.15. The van der Waals surface area contributed by atoms with E-state index in [0.717, 1.165) is 30.2 Å². The summed E-state index contributed by atoms with van der Waals surface area (Å²) in [5.41, 5.74) is 2.08. The molecule has 21 heavy (non-hydrogen) atoms. The molecule has 2 aromatic heterocycles. The number of anilines is 1. The van der Waals surface area contributed by atoms with Gasteiger partial charge in [-0.2, -0.15) is 0 Å². The Labute approximate surface area is 125 Å².